The summed E-state index contributed by atoms with van der Waals surface area (Å²) in [4.78, 5) is 11.2. The van der Waals surface area contributed by atoms with Crippen LogP contribution in [0.4, 0.5) is 14.5 Å². The van der Waals surface area contributed by atoms with E-state index in [0.717, 1.165) is 6.08 Å². The molecule has 0 saturated carbocycles. The third-order valence-electron chi connectivity index (χ3n) is 2.08. The van der Waals surface area contributed by atoms with Crippen LogP contribution >= 0.6 is 0 Å². The molecule has 92 valence electrons. The average molecular weight is 241 g/mol. The molecule has 0 bridgehead atoms. The van der Waals surface area contributed by atoms with Gasteiger partial charge in [-0.05, 0) is 24.3 Å². The van der Waals surface area contributed by atoms with E-state index < -0.39 is 18.3 Å². The molecule has 0 atom stereocenters. The minimum atomic E-state index is -3.44. The van der Waals surface area contributed by atoms with E-state index in [0.29, 0.717) is 11.4 Å². The van der Waals surface area contributed by atoms with Gasteiger partial charge in [0.25, 0.3) is 5.91 Å². The lowest BCUT2D eigenvalue weighted by atomic mass is 10.2. The Morgan fingerprint density at radius 1 is 1.47 bits per heavy atom. The second-order valence-electron chi connectivity index (χ2n) is 3.38. The lowest BCUT2D eigenvalue weighted by Gasteiger charge is -2.14. The highest BCUT2D eigenvalue weighted by atomic mass is 19.3. The molecule has 0 aliphatic heterocycles. The molecule has 0 radical (unpaired) electrons. The van der Waals surface area contributed by atoms with Crippen molar-refractivity contribution in [3.05, 3.63) is 36.9 Å². The predicted molar refractivity (Wildman–Crippen MR) is 61.4 cm³/mol. The number of nitrogens with one attached hydrogen (secondary N) is 1. The van der Waals surface area contributed by atoms with Gasteiger partial charge in [-0.1, -0.05) is 6.08 Å². The normalized spacial score (nSPS) is 10.8. The Hall–Kier alpha value is -1.91. The van der Waals surface area contributed by atoms with E-state index in [1.807, 2.05) is 0 Å². The fourth-order valence-corrected chi connectivity index (χ4v) is 1.17. The summed E-state index contributed by atoms with van der Waals surface area (Å²) in [5, 5.41) is 2.13. The third-order valence-corrected chi connectivity index (χ3v) is 2.08. The molecule has 0 unspecified atom stereocenters. The molecule has 0 spiro atoms. The van der Waals surface area contributed by atoms with Crippen LogP contribution in [0.1, 0.15) is 6.42 Å². The summed E-state index contributed by atoms with van der Waals surface area (Å²) in [6, 6.07) is 6.12. The highest BCUT2D eigenvalue weighted by Crippen LogP contribution is 2.22. The number of alkyl halides is 2. The van der Waals surface area contributed by atoms with Crippen molar-refractivity contribution < 1.29 is 18.3 Å². The van der Waals surface area contributed by atoms with Crippen LogP contribution in [0.25, 0.3) is 0 Å². The lowest BCUT2D eigenvalue weighted by Crippen LogP contribution is -2.33. The average Bonchev–Trinajstić information content (AvgIpc) is 2.30. The third kappa shape index (κ3) is 3.55. The van der Waals surface area contributed by atoms with E-state index in [2.05, 4.69) is 11.9 Å². The molecule has 0 saturated heterocycles. The van der Waals surface area contributed by atoms with Crippen molar-refractivity contribution in [1.82, 2.24) is 0 Å². The van der Waals surface area contributed by atoms with Gasteiger partial charge in [0.1, 0.15) is 5.75 Å². The predicted octanol–water partition coefficient (Wildman–Crippen LogP) is 2.85. The number of allylic oxidation sites excluding steroid dienone is 1. The van der Waals surface area contributed by atoms with E-state index in [-0.39, 0.29) is 0 Å². The van der Waals surface area contributed by atoms with E-state index in [1.165, 1.54) is 19.2 Å². The summed E-state index contributed by atoms with van der Waals surface area (Å²) in [6.07, 6.45) is 0.322. The van der Waals surface area contributed by atoms with Gasteiger partial charge < -0.3 is 10.1 Å². The van der Waals surface area contributed by atoms with Crippen LogP contribution in [0.5, 0.6) is 5.75 Å². The molecule has 0 fully saturated rings. The number of carbonyl (C=O) groups is 1. The van der Waals surface area contributed by atoms with Crippen LogP contribution in [-0.4, -0.2) is 18.9 Å². The first-order chi connectivity index (χ1) is 7.99. The van der Waals surface area contributed by atoms with Crippen molar-refractivity contribution in [1.29, 1.82) is 0 Å². The van der Waals surface area contributed by atoms with E-state index in [1.54, 1.807) is 12.1 Å². The Kier molecular flexibility index (Phi) is 4.20. The fourth-order valence-electron chi connectivity index (χ4n) is 1.17. The number of anilines is 1. The second-order valence-corrected chi connectivity index (χ2v) is 3.38. The zero-order valence-corrected chi connectivity index (χ0v) is 9.37. The molecule has 3 nitrogen and oxygen atoms in total. The van der Waals surface area contributed by atoms with Crippen LogP contribution in [0.3, 0.4) is 0 Å². The largest absolute Gasteiger partial charge is 0.497 e. The fraction of sp³-hybridized carbons (Fsp3) is 0.250. The van der Waals surface area contributed by atoms with Crippen LogP contribution in [-0.2, 0) is 4.79 Å². The number of ether oxygens (including phenoxy) is 1. The zero-order chi connectivity index (χ0) is 12.9. The second kappa shape index (κ2) is 5.43. The van der Waals surface area contributed by atoms with Gasteiger partial charge in [0, 0.05) is 12.1 Å². The number of amides is 1. The van der Waals surface area contributed by atoms with Gasteiger partial charge in [0.05, 0.1) is 7.11 Å². The smallest absolute Gasteiger partial charge is 0.328 e. The maximum absolute atomic E-state index is 13.1. The minimum Gasteiger partial charge on any atom is -0.497 e. The number of halogens is 2. The number of methoxy groups -OCH3 is 1. The molecular formula is C12H13F2NO2. The zero-order valence-electron chi connectivity index (χ0n) is 9.37. The monoisotopic (exact) mass is 241 g/mol. The first-order valence-corrected chi connectivity index (χ1v) is 4.94. The van der Waals surface area contributed by atoms with Crippen molar-refractivity contribution in [2.45, 2.75) is 12.3 Å². The van der Waals surface area contributed by atoms with Gasteiger partial charge >= 0.3 is 5.92 Å². The molecule has 0 aliphatic rings. The van der Waals surface area contributed by atoms with E-state index in [4.69, 9.17) is 4.74 Å². The number of benzene rings is 1. The summed E-state index contributed by atoms with van der Waals surface area (Å²) in [5.41, 5.74) is 0.291. The SMILES string of the molecule is C=CCC(F)(F)C(=O)Nc1ccc(OC)cc1. The molecule has 17 heavy (non-hydrogen) atoms. The van der Waals surface area contributed by atoms with Crippen LogP contribution in [0.15, 0.2) is 36.9 Å². The summed E-state index contributed by atoms with van der Waals surface area (Å²) in [5.74, 6) is -4.20. The first kappa shape index (κ1) is 13.2. The van der Waals surface area contributed by atoms with Crippen molar-refractivity contribution in [3.8, 4) is 5.75 Å². The van der Waals surface area contributed by atoms with Crippen molar-refractivity contribution in [3.63, 3.8) is 0 Å². The van der Waals surface area contributed by atoms with Crippen molar-refractivity contribution in [2.24, 2.45) is 0 Å². The van der Waals surface area contributed by atoms with Crippen molar-refractivity contribution >= 4 is 11.6 Å². The topological polar surface area (TPSA) is 38.3 Å². The van der Waals surface area contributed by atoms with Crippen LogP contribution in [0, 0.1) is 0 Å². The molecule has 5 heteroatoms. The van der Waals surface area contributed by atoms with Gasteiger partial charge in [-0.25, -0.2) is 0 Å². The van der Waals surface area contributed by atoms with Crippen molar-refractivity contribution in [2.75, 3.05) is 12.4 Å². The Labute approximate surface area is 98.1 Å². The highest BCUT2D eigenvalue weighted by Gasteiger charge is 2.37. The number of hydrogen-bond acceptors (Lipinski definition) is 2. The Morgan fingerprint density at radius 3 is 2.53 bits per heavy atom. The van der Waals surface area contributed by atoms with E-state index >= 15 is 0 Å². The molecule has 0 aromatic heterocycles. The molecule has 1 rings (SSSR count). The van der Waals surface area contributed by atoms with Crippen LogP contribution < -0.4 is 10.1 Å². The Balaban J connectivity index is 2.70. The highest BCUT2D eigenvalue weighted by molar-refractivity contribution is 5.96. The summed E-state index contributed by atoms with van der Waals surface area (Å²) in [6.45, 7) is 3.18. The first-order valence-electron chi connectivity index (χ1n) is 4.94. The molecule has 1 aromatic rings. The summed E-state index contributed by atoms with van der Waals surface area (Å²) in [7, 11) is 1.49. The molecule has 1 N–H and O–H groups in total. The Morgan fingerprint density at radius 2 is 2.06 bits per heavy atom. The number of carbonyl (C=O) groups excluding carboxylic acids is 1. The van der Waals surface area contributed by atoms with Gasteiger partial charge in [-0.15, -0.1) is 6.58 Å². The maximum Gasteiger partial charge on any atom is 0.328 e. The summed E-state index contributed by atoms with van der Waals surface area (Å²) >= 11 is 0. The van der Waals surface area contributed by atoms with Gasteiger partial charge in [0.2, 0.25) is 0 Å². The molecule has 1 aromatic carbocycles. The number of rotatable bonds is 5. The number of hydrogen-bond donors (Lipinski definition) is 1. The van der Waals surface area contributed by atoms with Gasteiger partial charge in [0.15, 0.2) is 0 Å². The van der Waals surface area contributed by atoms with Gasteiger partial charge in [-0.3, -0.25) is 4.79 Å². The summed E-state index contributed by atoms with van der Waals surface area (Å²) < 4.78 is 31.2. The van der Waals surface area contributed by atoms with Crippen LogP contribution in [0.2, 0.25) is 0 Å². The van der Waals surface area contributed by atoms with E-state index in [9.17, 15) is 13.6 Å². The Bertz CT molecular complexity index is 401. The van der Waals surface area contributed by atoms with Gasteiger partial charge in [-0.2, -0.15) is 8.78 Å². The molecular weight excluding hydrogens is 228 g/mol. The maximum atomic E-state index is 13.1. The molecule has 0 heterocycles. The quantitative estimate of drug-likeness (QED) is 0.805. The minimum absolute atomic E-state index is 0.291. The lowest BCUT2D eigenvalue weighted by molar-refractivity contribution is -0.139. The molecule has 1 amide bonds. The molecule has 0 aliphatic carbocycles. The standard InChI is InChI=1S/C12H13F2NO2/c1-3-8-12(13,14)11(16)15-9-4-6-10(17-2)7-5-9/h3-7H,1,8H2,2H3,(H,15,16).